The third-order valence-corrected chi connectivity index (χ3v) is 6.60. The fraction of sp³-hybridized carbons (Fsp3) is 0.192. The van der Waals surface area contributed by atoms with E-state index in [0.29, 0.717) is 11.3 Å². The van der Waals surface area contributed by atoms with Crippen LogP contribution in [0.3, 0.4) is 0 Å². The van der Waals surface area contributed by atoms with Crippen LogP contribution in [-0.2, 0) is 10.0 Å². The third-order valence-electron chi connectivity index (χ3n) is 5.20. The predicted molar refractivity (Wildman–Crippen MR) is 132 cm³/mol. The van der Waals surface area contributed by atoms with E-state index in [9.17, 15) is 13.2 Å². The molecule has 0 fully saturated rings. The van der Waals surface area contributed by atoms with Crippen LogP contribution < -0.4 is 9.62 Å². The zero-order valence-corrected chi connectivity index (χ0v) is 19.4. The van der Waals surface area contributed by atoms with Crippen LogP contribution in [0.1, 0.15) is 35.3 Å². The average molecular weight is 449 g/mol. The molecule has 166 valence electrons. The quantitative estimate of drug-likeness (QED) is 0.345. The maximum Gasteiger partial charge on any atom is 0.261 e. The zero-order valence-electron chi connectivity index (χ0n) is 18.6. The summed E-state index contributed by atoms with van der Waals surface area (Å²) in [6.45, 7) is 8.03. The summed E-state index contributed by atoms with van der Waals surface area (Å²) < 4.78 is 27.5. The van der Waals surface area contributed by atoms with Crippen molar-refractivity contribution in [1.29, 1.82) is 0 Å². The molecule has 0 aliphatic rings. The molecule has 32 heavy (non-hydrogen) atoms. The lowest BCUT2D eigenvalue weighted by Gasteiger charge is -2.20. The molecular formula is C26H28N2O3S. The Balaban J connectivity index is 1.65. The van der Waals surface area contributed by atoms with Gasteiger partial charge in [-0.1, -0.05) is 35.9 Å². The third kappa shape index (κ3) is 5.86. The number of aryl methyl sites for hydroxylation is 1. The van der Waals surface area contributed by atoms with E-state index in [1.807, 2.05) is 31.2 Å². The Morgan fingerprint density at radius 3 is 2.03 bits per heavy atom. The summed E-state index contributed by atoms with van der Waals surface area (Å²) in [5.41, 5.74) is 3.97. The van der Waals surface area contributed by atoms with E-state index in [0.717, 1.165) is 29.9 Å². The van der Waals surface area contributed by atoms with Crippen molar-refractivity contribution in [2.75, 3.05) is 22.7 Å². The van der Waals surface area contributed by atoms with Gasteiger partial charge in [0.2, 0.25) is 0 Å². The topological polar surface area (TPSA) is 66.5 Å². The maximum absolute atomic E-state index is 12.5. The first kappa shape index (κ1) is 23.3. The molecule has 5 nitrogen and oxygen atoms in total. The smallest absolute Gasteiger partial charge is 0.261 e. The first-order valence-electron chi connectivity index (χ1n) is 10.6. The van der Waals surface area contributed by atoms with Gasteiger partial charge in [-0.25, -0.2) is 8.42 Å². The van der Waals surface area contributed by atoms with Crippen molar-refractivity contribution in [2.45, 2.75) is 25.7 Å². The fourth-order valence-electron chi connectivity index (χ4n) is 3.29. The predicted octanol–water partition coefficient (Wildman–Crippen LogP) is 5.54. The van der Waals surface area contributed by atoms with Crippen molar-refractivity contribution in [1.82, 2.24) is 0 Å². The second kappa shape index (κ2) is 10.3. The van der Waals surface area contributed by atoms with Crippen LogP contribution in [0.25, 0.3) is 6.08 Å². The Hall–Kier alpha value is -3.38. The first-order valence-corrected chi connectivity index (χ1v) is 12.1. The Kier molecular flexibility index (Phi) is 7.49. The molecule has 0 bridgehead atoms. The second-order valence-corrected chi connectivity index (χ2v) is 9.14. The van der Waals surface area contributed by atoms with Crippen molar-refractivity contribution < 1.29 is 13.2 Å². The molecule has 0 aliphatic heterocycles. The molecule has 0 heterocycles. The summed E-state index contributed by atoms with van der Waals surface area (Å²) >= 11 is 0. The monoisotopic (exact) mass is 448 g/mol. The van der Waals surface area contributed by atoms with Gasteiger partial charge in [-0.05, 0) is 80.9 Å². The van der Waals surface area contributed by atoms with Crippen molar-refractivity contribution in [3.8, 4) is 0 Å². The second-order valence-electron chi connectivity index (χ2n) is 7.46. The van der Waals surface area contributed by atoms with Gasteiger partial charge >= 0.3 is 0 Å². The summed E-state index contributed by atoms with van der Waals surface area (Å²) in [5.74, 6) is -0.147. The molecule has 0 unspecified atom stereocenters. The standard InChI is InChI=1S/C26H28N2O3S/c1-4-28(5-2)24-15-8-21(9-16-24)10-19-26(29)22-11-13-23(14-12-22)27-32(30,31)25-17-6-20(3)7-18-25/h6-19,27H,4-5H2,1-3H3/b19-10+. The summed E-state index contributed by atoms with van der Waals surface area (Å²) in [4.78, 5) is 15.0. The van der Waals surface area contributed by atoms with Gasteiger partial charge in [0, 0.05) is 30.0 Å². The van der Waals surface area contributed by atoms with Gasteiger partial charge in [-0.2, -0.15) is 0 Å². The maximum atomic E-state index is 12.5. The van der Waals surface area contributed by atoms with E-state index in [1.165, 1.54) is 6.08 Å². The average Bonchev–Trinajstić information content (AvgIpc) is 2.79. The van der Waals surface area contributed by atoms with E-state index in [1.54, 1.807) is 54.6 Å². The molecule has 1 N–H and O–H groups in total. The fourth-order valence-corrected chi connectivity index (χ4v) is 4.35. The normalized spacial score (nSPS) is 11.5. The van der Waals surface area contributed by atoms with Crippen LogP contribution in [0.4, 0.5) is 11.4 Å². The van der Waals surface area contributed by atoms with Gasteiger partial charge in [0.15, 0.2) is 5.78 Å². The highest BCUT2D eigenvalue weighted by Gasteiger charge is 2.14. The molecule has 0 aromatic heterocycles. The highest BCUT2D eigenvalue weighted by molar-refractivity contribution is 7.92. The van der Waals surface area contributed by atoms with Gasteiger partial charge < -0.3 is 4.90 Å². The number of anilines is 2. The number of hydrogen-bond donors (Lipinski definition) is 1. The van der Waals surface area contributed by atoms with E-state index < -0.39 is 10.0 Å². The highest BCUT2D eigenvalue weighted by Crippen LogP contribution is 2.19. The number of allylic oxidation sites excluding steroid dienone is 1. The lowest BCUT2D eigenvalue weighted by molar-refractivity contribution is 0.104. The van der Waals surface area contributed by atoms with Crippen LogP contribution in [-0.4, -0.2) is 27.3 Å². The molecule has 0 aliphatic carbocycles. The highest BCUT2D eigenvalue weighted by atomic mass is 32.2. The van der Waals surface area contributed by atoms with Crippen molar-refractivity contribution in [2.24, 2.45) is 0 Å². The van der Waals surface area contributed by atoms with E-state index in [4.69, 9.17) is 0 Å². The van der Waals surface area contributed by atoms with Crippen LogP contribution in [0, 0.1) is 6.92 Å². The molecule has 0 atom stereocenters. The number of nitrogens with one attached hydrogen (secondary N) is 1. The largest absolute Gasteiger partial charge is 0.372 e. The minimum atomic E-state index is -3.68. The number of benzene rings is 3. The molecular weight excluding hydrogens is 420 g/mol. The van der Waals surface area contributed by atoms with E-state index in [2.05, 4.69) is 23.5 Å². The Labute approximate surface area is 190 Å². The molecule has 0 saturated heterocycles. The number of nitrogens with zero attached hydrogens (tertiary/aromatic N) is 1. The lowest BCUT2D eigenvalue weighted by Crippen LogP contribution is -2.21. The number of sulfonamides is 1. The molecule has 3 aromatic carbocycles. The van der Waals surface area contributed by atoms with Crippen LogP contribution in [0.5, 0.6) is 0 Å². The minimum absolute atomic E-state index is 0.147. The van der Waals surface area contributed by atoms with Crippen molar-refractivity contribution in [3.05, 3.63) is 95.6 Å². The molecule has 6 heteroatoms. The number of ketones is 1. The number of rotatable bonds is 9. The number of carbonyl (C=O) groups is 1. The molecule has 0 saturated carbocycles. The first-order chi connectivity index (χ1) is 15.3. The zero-order chi connectivity index (χ0) is 23.1. The van der Waals surface area contributed by atoms with Crippen LogP contribution >= 0.6 is 0 Å². The lowest BCUT2D eigenvalue weighted by atomic mass is 10.1. The minimum Gasteiger partial charge on any atom is -0.372 e. The van der Waals surface area contributed by atoms with Gasteiger partial charge in [-0.3, -0.25) is 9.52 Å². The SMILES string of the molecule is CCN(CC)c1ccc(/C=C/C(=O)c2ccc(NS(=O)(=O)c3ccc(C)cc3)cc2)cc1. The molecule has 3 rings (SSSR count). The number of carbonyl (C=O) groups excluding carboxylic acids is 1. The Morgan fingerprint density at radius 2 is 1.47 bits per heavy atom. The van der Waals surface area contributed by atoms with Gasteiger partial charge in [-0.15, -0.1) is 0 Å². The summed E-state index contributed by atoms with van der Waals surface area (Å²) in [7, 11) is -3.68. The summed E-state index contributed by atoms with van der Waals surface area (Å²) in [6, 6.07) is 21.1. The van der Waals surface area contributed by atoms with Crippen LogP contribution in [0.2, 0.25) is 0 Å². The van der Waals surface area contributed by atoms with E-state index in [-0.39, 0.29) is 10.7 Å². The van der Waals surface area contributed by atoms with Crippen molar-refractivity contribution >= 4 is 33.3 Å². The van der Waals surface area contributed by atoms with Crippen LogP contribution in [0.15, 0.2) is 83.8 Å². The summed E-state index contributed by atoms with van der Waals surface area (Å²) in [6.07, 6.45) is 3.31. The van der Waals surface area contributed by atoms with E-state index >= 15 is 0 Å². The Morgan fingerprint density at radius 1 is 0.875 bits per heavy atom. The Bertz CT molecular complexity index is 1180. The number of hydrogen-bond acceptors (Lipinski definition) is 4. The van der Waals surface area contributed by atoms with Gasteiger partial charge in [0.1, 0.15) is 0 Å². The molecule has 3 aromatic rings. The molecule has 0 spiro atoms. The molecule has 0 amide bonds. The van der Waals surface area contributed by atoms with Gasteiger partial charge in [0.05, 0.1) is 4.90 Å². The molecule has 0 radical (unpaired) electrons. The summed E-state index contributed by atoms with van der Waals surface area (Å²) in [5, 5.41) is 0. The van der Waals surface area contributed by atoms with Gasteiger partial charge in [0.25, 0.3) is 10.0 Å². The van der Waals surface area contributed by atoms with Crippen molar-refractivity contribution in [3.63, 3.8) is 0 Å².